The van der Waals surface area contributed by atoms with Gasteiger partial charge < -0.3 is 37.2 Å². The SMILES string of the molecule is Cc1cccc([Si](c2cccc(C)c2)(c2cccc(C)c2)C2C3C=CC=CC3C3CCC[CH]([Ti+3])C32)c1.[Cl-].[Cl-].[Cl-]. The first-order chi connectivity index (χ1) is 17.5. The van der Waals surface area contributed by atoms with E-state index in [0.717, 1.165) is 16.1 Å². The van der Waals surface area contributed by atoms with Crippen LogP contribution in [-0.2, 0) is 20.4 Å². The standard InChI is InChI=1S/C34H37Si.3ClH.Ti/c1-24-11-8-14-27(21-24)35(28-15-9-12-25(2)22-28,29-16-10-13-26(3)23-29)34-32-19-6-4-17-30(32)31-18-5-7-20-33(31)34;;;;/h4,6,8-17,19-23,30-34H,5,7,18H2,1-3H3;3*1H;/q;;;;+3/p-3. The number of hydrogen-bond donors (Lipinski definition) is 0. The summed E-state index contributed by atoms with van der Waals surface area (Å²) in [6.07, 6.45) is 14.1. The van der Waals surface area contributed by atoms with Crippen LogP contribution in [-0.4, -0.2) is 8.07 Å². The third-order valence-electron chi connectivity index (χ3n) is 9.48. The summed E-state index contributed by atoms with van der Waals surface area (Å²) in [6.45, 7) is 6.84. The molecular formula is C34H37Cl3SiTi. The van der Waals surface area contributed by atoms with Gasteiger partial charge in [-0.15, -0.1) is 0 Å². The summed E-state index contributed by atoms with van der Waals surface area (Å²) < 4.78 is 0.771. The average molecular weight is 628 g/mol. The van der Waals surface area contributed by atoms with Crippen molar-refractivity contribution >= 4 is 23.6 Å². The van der Waals surface area contributed by atoms with Crippen LogP contribution >= 0.6 is 0 Å². The molecule has 0 radical (unpaired) electrons. The predicted molar refractivity (Wildman–Crippen MR) is 152 cm³/mol. The second kappa shape index (κ2) is 13.3. The normalized spacial score (nSPS) is 26.9. The molecule has 202 valence electrons. The van der Waals surface area contributed by atoms with E-state index in [-0.39, 0.29) is 37.2 Å². The number of allylic oxidation sites excluding steroid dienone is 4. The zero-order valence-corrected chi connectivity index (χ0v) is 27.8. The van der Waals surface area contributed by atoms with Crippen molar-refractivity contribution in [1.29, 1.82) is 0 Å². The zero-order valence-electron chi connectivity index (χ0n) is 23.0. The van der Waals surface area contributed by atoms with Crippen molar-refractivity contribution in [3.63, 3.8) is 0 Å². The molecule has 3 aromatic carbocycles. The maximum absolute atomic E-state index is 2.61. The van der Waals surface area contributed by atoms with E-state index in [1.165, 1.54) is 36.0 Å². The Morgan fingerprint density at radius 1 is 0.641 bits per heavy atom. The Bertz CT molecular complexity index is 1220. The molecule has 3 aromatic rings. The van der Waals surface area contributed by atoms with Gasteiger partial charge in [-0.3, -0.25) is 0 Å². The van der Waals surface area contributed by atoms with Gasteiger partial charge in [-0.25, -0.2) is 0 Å². The summed E-state index contributed by atoms with van der Waals surface area (Å²) in [5.41, 5.74) is 4.79. The Morgan fingerprint density at radius 2 is 1.10 bits per heavy atom. The molecule has 6 rings (SSSR count). The first-order valence-corrected chi connectivity index (χ1v) is 16.8. The van der Waals surface area contributed by atoms with Gasteiger partial charge >= 0.3 is 231 Å². The largest absolute Gasteiger partial charge is 1.00 e. The number of aryl methyl sites for hydroxylation is 3. The third-order valence-corrected chi connectivity index (χ3v) is 16.0. The van der Waals surface area contributed by atoms with Crippen molar-refractivity contribution in [3.05, 3.63) is 114 Å². The summed E-state index contributed by atoms with van der Waals surface area (Å²) in [4.78, 5) is 0. The minimum atomic E-state index is -2.43. The van der Waals surface area contributed by atoms with Crippen LogP contribution in [0.5, 0.6) is 0 Å². The van der Waals surface area contributed by atoms with Gasteiger partial charge in [0, 0.05) is 0 Å². The summed E-state index contributed by atoms with van der Waals surface area (Å²) >= 11 is 2.58. The van der Waals surface area contributed by atoms with E-state index in [1.807, 2.05) is 0 Å². The van der Waals surface area contributed by atoms with Crippen LogP contribution in [0.4, 0.5) is 0 Å². The second-order valence-corrected chi connectivity index (χ2v) is 16.8. The molecule has 0 heterocycles. The van der Waals surface area contributed by atoms with Gasteiger partial charge in [0.15, 0.2) is 0 Å². The number of benzene rings is 3. The van der Waals surface area contributed by atoms with E-state index in [2.05, 4.69) is 138 Å². The quantitative estimate of drug-likeness (QED) is 0.224. The molecule has 39 heavy (non-hydrogen) atoms. The predicted octanol–water partition coefficient (Wildman–Crippen LogP) is -2.41. The number of hydrogen-bond acceptors (Lipinski definition) is 0. The molecule has 3 aliphatic carbocycles. The minimum absolute atomic E-state index is 0. The Labute approximate surface area is 266 Å². The van der Waals surface area contributed by atoms with Gasteiger partial charge in [0.05, 0.1) is 0 Å². The molecular weight excluding hydrogens is 591 g/mol. The average Bonchev–Trinajstić information content (AvgIpc) is 3.21. The van der Waals surface area contributed by atoms with Crippen LogP contribution in [0.1, 0.15) is 36.0 Å². The van der Waals surface area contributed by atoms with Gasteiger partial charge in [-0.1, -0.05) is 0 Å². The number of fused-ring (bicyclic) bond motifs is 3. The molecule has 0 aromatic heterocycles. The molecule has 0 amide bonds. The molecule has 0 N–H and O–H groups in total. The molecule has 2 fully saturated rings. The van der Waals surface area contributed by atoms with Crippen LogP contribution in [0, 0.1) is 44.4 Å². The first-order valence-electron chi connectivity index (χ1n) is 13.8. The molecule has 6 atom stereocenters. The van der Waals surface area contributed by atoms with Gasteiger partial charge in [0.2, 0.25) is 0 Å². The van der Waals surface area contributed by atoms with E-state index in [4.69, 9.17) is 0 Å². The fourth-order valence-electron chi connectivity index (χ4n) is 8.23. The smallest absolute Gasteiger partial charge is 1.00 e. The van der Waals surface area contributed by atoms with Gasteiger partial charge in [0.25, 0.3) is 0 Å². The molecule has 3 aliphatic rings. The minimum Gasteiger partial charge on any atom is -1.00 e. The van der Waals surface area contributed by atoms with E-state index >= 15 is 0 Å². The van der Waals surface area contributed by atoms with Crippen LogP contribution in [0.2, 0.25) is 9.76 Å². The Kier molecular flexibility index (Phi) is 11.1. The summed E-state index contributed by atoms with van der Waals surface area (Å²) in [5.74, 6) is 2.85. The third kappa shape index (κ3) is 5.58. The molecule has 0 nitrogen and oxygen atoms in total. The Balaban J connectivity index is 0.00000140. The van der Waals surface area contributed by atoms with Gasteiger partial charge in [0.1, 0.15) is 0 Å². The van der Waals surface area contributed by atoms with E-state index in [9.17, 15) is 0 Å². The topological polar surface area (TPSA) is 0 Å². The fraction of sp³-hybridized carbons (Fsp3) is 0.353. The van der Waals surface area contributed by atoms with E-state index in [1.54, 1.807) is 15.6 Å². The van der Waals surface area contributed by atoms with Gasteiger partial charge in [-0.05, 0) is 0 Å². The maximum atomic E-state index is 2.61. The van der Waals surface area contributed by atoms with Crippen molar-refractivity contribution < 1.29 is 57.7 Å². The molecule has 2 saturated carbocycles. The Hall–Kier alpha value is -1.06. The van der Waals surface area contributed by atoms with Crippen LogP contribution in [0.3, 0.4) is 0 Å². The van der Waals surface area contributed by atoms with Crippen LogP contribution in [0.15, 0.2) is 97.1 Å². The maximum Gasteiger partial charge on any atom is -1.00 e. The van der Waals surface area contributed by atoms with Crippen molar-refractivity contribution in [2.75, 3.05) is 0 Å². The van der Waals surface area contributed by atoms with Crippen LogP contribution < -0.4 is 52.8 Å². The first kappa shape index (κ1) is 32.5. The number of rotatable bonds is 4. The molecule has 0 saturated heterocycles. The zero-order chi connectivity index (χ0) is 24.9. The van der Waals surface area contributed by atoms with E-state index in [0.29, 0.717) is 17.4 Å². The molecule has 6 unspecified atom stereocenters. The summed E-state index contributed by atoms with van der Waals surface area (Å²) in [7, 11) is -2.43. The van der Waals surface area contributed by atoms with Crippen LogP contribution in [0.25, 0.3) is 0 Å². The molecule has 0 aliphatic heterocycles. The molecule has 0 bridgehead atoms. The summed E-state index contributed by atoms with van der Waals surface area (Å²) in [6, 6.07) is 28.9. The second-order valence-electron chi connectivity index (χ2n) is 11.6. The molecule has 0 spiro atoms. The Morgan fingerprint density at radius 3 is 1.56 bits per heavy atom. The van der Waals surface area contributed by atoms with Gasteiger partial charge in [-0.2, -0.15) is 0 Å². The van der Waals surface area contributed by atoms with Crippen molar-refractivity contribution in [2.45, 2.75) is 49.8 Å². The van der Waals surface area contributed by atoms with Crippen molar-refractivity contribution in [3.8, 4) is 0 Å². The van der Waals surface area contributed by atoms with Crippen molar-refractivity contribution in [1.82, 2.24) is 0 Å². The van der Waals surface area contributed by atoms with E-state index < -0.39 is 8.07 Å². The monoisotopic (exact) mass is 626 g/mol. The summed E-state index contributed by atoms with van der Waals surface area (Å²) in [5, 5.41) is 4.80. The number of halogens is 3. The molecule has 5 heteroatoms. The van der Waals surface area contributed by atoms with Crippen molar-refractivity contribution in [2.24, 2.45) is 23.7 Å². The fourth-order valence-corrected chi connectivity index (χ4v) is 16.1.